The van der Waals surface area contributed by atoms with E-state index in [0.717, 1.165) is 46.6 Å². The minimum absolute atomic E-state index is 0.250. The smallest absolute Gasteiger partial charge is 0.123 e. The highest BCUT2D eigenvalue weighted by Gasteiger charge is 2.18. The molecule has 2 aromatic heterocycles. The van der Waals surface area contributed by atoms with Crippen LogP contribution in [0.15, 0.2) is 47.7 Å². The van der Waals surface area contributed by atoms with Gasteiger partial charge in [-0.2, -0.15) is 5.10 Å². The summed E-state index contributed by atoms with van der Waals surface area (Å²) in [7, 11) is 1.89. The van der Waals surface area contributed by atoms with Gasteiger partial charge in [0.25, 0.3) is 0 Å². The van der Waals surface area contributed by atoms with Gasteiger partial charge in [0.05, 0.1) is 5.69 Å². The van der Waals surface area contributed by atoms with Crippen LogP contribution in [0.5, 0.6) is 0 Å². The Morgan fingerprint density at radius 1 is 1.09 bits per heavy atom. The van der Waals surface area contributed by atoms with Crippen molar-refractivity contribution in [3.8, 4) is 22.4 Å². The van der Waals surface area contributed by atoms with Crippen LogP contribution < -0.4 is 0 Å². The van der Waals surface area contributed by atoms with Gasteiger partial charge in [-0.25, -0.2) is 4.39 Å². The number of aromatic nitrogens is 3. The monoisotopic (exact) mass is 306 g/mol. The Balaban J connectivity index is 1.91. The van der Waals surface area contributed by atoms with Crippen molar-refractivity contribution in [2.45, 2.75) is 6.42 Å². The molecule has 0 unspecified atom stereocenters. The summed E-state index contributed by atoms with van der Waals surface area (Å²) in [5.41, 5.74) is 5.90. The zero-order valence-corrected chi connectivity index (χ0v) is 12.7. The molecule has 4 nitrogen and oxygen atoms in total. The van der Waals surface area contributed by atoms with E-state index in [-0.39, 0.29) is 5.82 Å². The van der Waals surface area contributed by atoms with Gasteiger partial charge in [0.2, 0.25) is 0 Å². The quantitative estimate of drug-likeness (QED) is 0.729. The average Bonchev–Trinajstić information content (AvgIpc) is 2.96. The predicted molar refractivity (Wildman–Crippen MR) is 88.0 cm³/mol. The van der Waals surface area contributed by atoms with E-state index in [1.807, 2.05) is 31.7 Å². The molecule has 4 rings (SSSR count). The van der Waals surface area contributed by atoms with Gasteiger partial charge in [-0.05, 0) is 35.9 Å². The molecule has 0 bridgehead atoms. The Labute approximate surface area is 133 Å². The van der Waals surface area contributed by atoms with Crippen LogP contribution in [0.3, 0.4) is 0 Å². The Hall–Kier alpha value is -2.82. The highest BCUT2D eigenvalue weighted by Crippen LogP contribution is 2.33. The first-order valence-electron chi connectivity index (χ1n) is 7.50. The molecule has 0 N–H and O–H groups in total. The molecule has 0 spiro atoms. The van der Waals surface area contributed by atoms with Crippen molar-refractivity contribution in [3.05, 3.63) is 59.8 Å². The molecule has 0 saturated carbocycles. The molecule has 1 aliphatic rings. The Kier molecular flexibility index (Phi) is 3.26. The SMILES string of the molecule is Cn1cc(-c2ccnc3c2C=NCC3)c(-c2ccc(F)cc2)n1. The number of benzene rings is 1. The fraction of sp³-hybridized carbons (Fsp3) is 0.167. The van der Waals surface area contributed by atoms with Gasteiger partial charge in [0, 0.05) is 55.3 Å². The molecule has 114 valence electrons. The fourth-order valence-electron chi connectivity index (χ4n) is 2.93. The summed E-state index contributed by atoms with van der Waals surface area (Å²) in [6.07, 6.45) is 6.56. The van der Waals surface area contributed by atoms with Gasteiger partial charge >= 0.3 is 0 Å². The minimum Gasteiger partial charge on any atom is -0.292 e. The number of halogens is 1. The molecule has 5 heteroatoms. The maximum Gasteiger partial charge on any atom is 0.123 e. The summed E-state index contributed by atoms with van der Waals surface area (Å²) in [5, 5.41) is 4.57. The maximum atomic E-state index is 13.2. The van der Waals surface area contributed by atoms with Crippen LogP contribution in [0, 0.1) is 5.82 Å². The summed E-state index contributed by atoms with van der Waals surface area (Å²) in [6.45, 7) is 0.779. The molecule has 23 heavy (non-hydrogen) atoms. The lowest BCUT2D eigenvalue weighted by Crippen LogP contribution is -2.07. The Bertz CT molecular complexity index is 894. The zero-order chi connectivity index (χ0) is 15.8. The Morgan fingerprint density at radius 3 is 2.74 bits per heavy atom. The molecule has 0 radical (unpaired) electrons. The van der Waals surface area contributed by atoms with Crippen LogP contribution in [0.1, 0.15) is 11.3 Å². The van der Waals surface area contributed by atoms with Crippen LogP contribution in [0.2, 0.25) is 0 Å². The van der Waals surface area contributed by atoms with E-state index in [0.29, 0.717) is 0 Å². The lowest BCUT2D eigenvalue weighted by molar-refractivity contribution is 0.628. The molecular weight excluding hydrogens is 291 g/mol. The van der Waals surface area contributed by atoms with Gasteiger partial charge in [-0.3, -0.25) is 14.7 Å². The number of rotatable bonds is 2. The highest BCUT2D eigenvalue weighted by atomic mass is 19.1. The second-order valence-corrected chi connectivity index (χ2v) is 5.58. The van der Waals surface area contributed by atoms with Crippen molar-refractivity contribution in [1.29, 1.82) is 0 Å². The maximum absolute atomic E-state index is 13.2. The standard InChI is InChI=1S/C18H15FN4/c1-23-11-16(18(22-23)12-2-4-13(19)5-3-12)14-6-9-21-17-7-8-20-10-15(14)17/h2-6,9-11H,7-8H2,1H3. The molecule has 0 amide bonds. The first kappa shape index (κ1) is 13.8. The second kappa shape index (κ2) is 5.43. The minimum atomic E-state index is -0.250. The Morgan fingerprint density at radius 2 is 1.91 bits per heavy atom. The number of hydrogen-bond acceptors (Lipinski definition) is 3. The zero-order valence-electron chi connectivity index (χ0n) is 12.7. The van der Waals surface area contributed by atoms with Crippen LogP contribution in [-0.4, -0.2) is 27.5 Å². The first-order valence-corrected chi connectivity index (χ1v) is 7.50. The van der Waals surface area contributed by atoms with E-state index >= 15 is 0 Å². The molecule has 0 fully saturated rings. The first-order chi connectivity index (χ1) is 11.2. The number of hydrogen-bond donors (Lipinski definition) is 0. The second-order valence-electron chi connectivity index (χ2n) is 5.58. The third kappa shape index (κ3) is 2.44. The summed E-state index contributed by atoms with van der Waals surface area (Å²) < 4.78 is 15.0. The lowest BCUT2D eigenvalue weighted by Gasteiger charge is -2.13. The molecule has 1 aromatic carbocycles. The van der Waals surface area contributed by atoms with Crippen LogP contribution >= 0.6 is 0 Å². The van der Waals surface area contributed by atoms with E-state index in [4.69, 9.17) is 0 Å². The van der Waals surface area contributed by atoms with E-state index in [1.54, 1.807) is 16.8 Å². The van der Waals surface area contributed by atoms with Gasteiger partial charge in [0.1, 0.15) is 11.5 Å². The van der Waals surface area contributed by atoms with Crippen LogP contribution in [-0.2, 0) is 13.5 Å². The summed E-state index contributed by atoms with van der Waals surface area (Å²) in [6, 6.07) is 8.40. The molecule has 1 aliphatic heterocycles. The summed E-state index contributed by atoms with van der Waals surface area (Å²) in [4.78, 5) is 8.84. The van der Waals surface area contributed by atoms with Crippen LogP contribution in [0.25, 0.3) is 22.4 Å². The van der Waals surface area contributed by atoms with E-state index in [1.165, 1.54) is 12.1 Å². The number of nitrogens with zero attached hydrogens (tertiary/aromatic N) is 4. The molecule has 3 heterocycles. The summed E-state index contributed by atoms with van der Waals surface area (Å²) >= 11 is 0. The predicted octanol–water partition coefficient (Wildman–Crippen LogP) is 3.26. The van der Waals surface area contributed by atoms with Crippen molar-refractivity contribution in [2.24, 2.45) is 12.0 Å². The lowest BCUT2D eigenvalue weighted by atomic mass is 9.95. The van der Waals surface area contributed by atoms with Crippen molar-refractivity contribution < 1.29 is 4.39 Å². The third-order valence-corrected chi connectivity index (χ3v) is 4.01. The number of fused-ring (bicyclic) bond motifs is 1. The molecule has 0 atom stereocenters. The number of aryl methyl sites for hydroxylation is 1. The largest absolute Gasteiger partial charge is 0.292 e. The van der Waals surface area contributed by atoms with Gasteiger partial charge < -0.3 is 0 Å². The molecule has 0 saturated heterocycles. The van der Waals surface area contributed by atoms with Crippen molar-refractivity contribution >= 4 is 6.21 Å². The van der Waals surface area contributed by atoms with E-state index < -0.39 is 0 Å². The van der Waals surface area contributed by atoms with Gasteiger partial charge in [-0.1, -0.05) is 0 Å². The van der Waals surface area contributed by atoms with E-state index in [9.17, 15) is 4.39 Å². The molecular formula is C18H15FN4. The third-order valence-electron chi connectivity index (χ3n) is 4.01. The highest BCUT2D eigenvalue weighted by molar-refractivity contribution is 5.95. The van der Waals surface area contributed by atoms with Crippen molar-refractivity contribution in [1.82, 2.24) is 14.8 Å². The normalized spacial score (nSPS) is 13.1. The molecule has 3 aromatic rings. The van der Waals surface area contributed by atoms with Crippen LogP contribution in [0.4, 0.5) is 4.39 Å². The van der Waals surface area contributed by atoms with E-state index in [2.05, 4.69) is 15.1 Å². The molecule has 0 aliphatic carbocycles. The average molecular weight is 306 g/mol. The van der Waals surface area contributed by atoms with Gasteiger partial charge in [-0.15, -0.1) is 0 Å². The van der Waals surface area contributed by atoms with Crippen molar-refractivity contribution in [3.63, 3.8) is 0 Å². The summed E-state index contributed by atoms with van der Waals surface area (Å²) in [5.74, 6) is -0.250. The van der Waals surface area contributed by atoms with Gasteiger partial charge in [0.15, 0.2) is 0 Å². The topological polar surface area (TPSA) is 43.1 Å². The number of pyridine rings is 1. The number of aliphatic imine (C=N–C) groups is 1. The fourth-order valence-corrected chi connectivity index (χ4v) is 2.93. The van der Waals surface area contributed by atoms with Crippen molar-refractivity contribution in [2.75, 3.05) is 6.54 Å².